The van der Waals surface area contributed by atoms with Crippen LogP contribution in [0, 0.1) is 5.92 Å². The van der Waals surface area contributed by atoms with Gasteiger partial charge in [-0.1, -0.05) is 32.1 Å². The number of hydrogen-bond acceptors (Lipinski definition) is 9. The lowest BCUT2D eigenvalue weighted by atomic mass is 9.83. The SMILES string of the molecule is COC(=O)c1ccc(CC(=O)C(CC2CCCCC2)NC(=O)c2scc(S(C)(=O)=O)c2N)nc1. The summed E-state index contributed by atoms with van der Waals surface area (Å²) in [6.45, 7) is 0. The van der Waals surface area contributed by atoms with Gasteiger partial charge in [-0.3, -0.25) is 14.6 Å². The van der Waals surface area contributed by atoms with Crippen molar-refractivity contribution in [3.8, 4) is 0 Å². The number of thiophene rings is 1. The number of Topliss-reactive ketones (excluding diaryl/α,β-unsaturated/α-hetero) is 1. The molecule has 1 saturated carbocycles. The molecule has 1 fully saturated rings. The highest BCUT2D eigenvalue weighted by Gasteiger charge is 2.29. The molecule has 0 saturated heterocycles. The summed E-state index contributed by atoms with van der Waals surface area (Å²) >= 11 is 0.938. The Morgan fingerprint density at radius 3 is 2.50 bits per heavy atom. The molecule has 3 rings (SSSR count). The van der Waals surface area contributed by atoms with Gasteiger partial charge in [-0.05, 0) is 24.5 Å². The highest BCUT2D eigenvalue weighted by Crippen LogP contribution is 2.30. The number of nitrogens with two attached hydrogens (primary N) is 1. The topological polar surface area (TPSA) is 146 Å². The van der Waals surface area contributed by atoms with E-state index >= 15 is 0 Å². The number of pyridine rings is 1. The number of ketones is 1. The van der Waals surface area contributed by atoms with E-state index in [0.717, 1.165) is 49.7 Å². The predicted molar refractivity (Wildman–Crippen MR) is 129 cm³/mol. The normalized spacial score (nSPS) is 15.5. The Morgan fingerprint density at radius 1 is 1.24 bits per heavy atom. The maximum Gasteiger partial charge on any atom is 0.339 e. The average molecular weight is 508 g/mol. The van der Waals surface area contributed by atoms with Crippen LogP contribution in [0.3, 0.4) is 0 Å². The van der Waals surface area contributed by atoms with Gasteiger partial charge in [0.05, 0.1) is 30.8 Å². The molecule has 0 spiro atoms. The lowest BCUT2D eigenvalue weighted by Crippen LogP contribution is -2.43. The number of ether oxygens (including phenoxy) is 1. The molecule has 1 unspecified atom stereocenters. The second-order valence-electron chi connectivity index (χ2n) is 8.55. The second kappa shape index (κ2) is 11.1. The Bertz CT molecular complexity index is 1150. The van der Waals surface area contributed by atoms with Gasteiger partial charge in [0.1, 0.15) is 9.77 Å². The molecule has 3 N–H and O–H groups in total. The molecule has 0 radical (unpaired) electrons. The van der Waals surface area contributed by atoms with E-state index in [9.17, 15) is 22.8 Å². The maximum absolute atomic E-state index is 13.2. The Kier molecular flexibility index (Phi) is 8.42. The molecule has 0 aromatic carbocycles. The van der Waals surface area contributed by atoms with Crippen LogP contribution >= 0.6 is 11.3 Å². The van der Waals surface area contributed by atoms with Crippen LogP contribution < -0.4 is 11.1 Å². The van der Waals surface area contributed by atoms with Crippen molar-refractivity contribution in [1.29, 1.82) is 0 Å². The Morgan fingerprint density at radius 2 is 1.94 bits per heavy atom. The third kappa shape index (κ3) is 6.41. The van der Waals surface area contributed by atoms with Crippen LogP contribution in [0.4, 0.5) is 5.69 Å². The molecule has 0 aliphatic heterocycles. The summed E-state index contributed by atoms with van der Waals surface area (Å²) in [5.41, 5.74) is 6.58. The highest BCUT2D eigenvalue weighted by molar-refractivity contribution is 7.91. The van der Waals surface area contributed by atoms with Crippen molar-refractivity contribution in [3.63, 3.8) is 0 Å². The molecule has 184 valence electrons. The second-order valence-corrected chi connectivity index (χ2v) is 11.4. The largest absolute Gasteiger partial charge is 0.465 e. The number of carbonyl (C=O) groups is 3. The molecule has 11 heteroatoms. The minimum atomic E-state index is -3.57. The molecule has 9 nitrogen and oxygen atoms in total. The standard InChI is InChI=1S/C23H29N3O6S2/c1-32-23(29)15-8-9-16(25-12-15)11-18(27)17(10-14-6-4-3-5-7-14)26-22(28)21-20(24)19(13-33-21)34(2,30)31/h8-9,12-14,17H,3-7,10-11,24H2,1-2H3,(H,26,28). The van der Waals surface area contributed by atoms with Crippen LogP contribution in [0.2, 0.25) is 0 Å². The molecule has 1 amide bonds. The molecule has 34 heavy (non-hydrogen) atoms. The Balaban J connectivity index is 1.77. The number of amides is 1. The molecule has 2 aromatic heterocycles. The van der Waals surface area contributed by atoms with E-state index in [-0.39, 0.29) is 33.2 Å². The summed E-state index contributed by atoms with van der Waals surface area (Å²) in [4.78, 5) is 41.9. The fourth-order valence-electron chi connectivity index (χ4n) is 4.13. The first-order valence-corrected chi connectivity index (χ1v) is 13.8. The average Bonchev–Trinajstić information content (AvgIpc) is 3.21. The fraction of sp³-hybridized carbons (Fsp3) is 0.478. The van der Waals surface area contributed by atoms with Crippen molar-refractivity contribution in [2.45, 2.75) is 55.9 Å². The van der Waals surface area contributed by atoms with Crippen LogP contribution in [0.25, 0.3) is 0 Å². The number of nitrogens with one attached hydrogen (secondary N) is 1. The minimum Gasteiger partial charge on any atom is -0.465 e. The first-order chi connectivity index (χ1) is 16.1. The van der Waals surface area contributed by atoms with E-state index in [1.165, 1.54) is 24.8 Å². The molecule has 1 atom stereocenters. The molecular formula is C23H29N3O6S2. The zero-order valence-corrected chi connectivity index (χ0v) is 20.8. The third-order valence-corrected chi connectivity index (χ3v) is 8.27. The summed E-state index contributed by atoms with van der Waals surface area (Å²) in [6.07, 6.45) is 8.18. The van der Waals surface area contributed by atoms with E-state index < -0.39 is 27.8 Å². The van der Waals surface area contributed by atoms with Gasteiger partial charge in [0.25, 0.3) is 5.91 Å². The molecule has 0 bridgehead atoms. The van der Waals surface area contributed by atoms with Crippen LogP contribution in [0.1, 0.15) is 64.2 Å². The number of aromatic nitrogens is 1. The van der Waals surface area contributed by atoms with E-state index in [1.54, 1.807) is 6.07 Å². The van der Waals surface area contributed by atoms with Gasteiger partial charge < -0.3 is 15.8 Å². The highest BCUT2D eigenvalue weighted by atomic mass is 32.2. The predicted octanol–water partition coefficient (Wildman–Crippen LogP) is 2.80. The van der Waals surface area contributed by atoms with E-state index in [1.807, 2.05) is 0 Å². The first-order valence-electron chi connectivity index (χ1n) is 11.0. The van der Waals surface area contributed by atoms with Crippen molar-refractivity contribution < 1.29 is 27.5 Å². The summed E-state index contributed by atoms with van der Waals surface area (Å²) < 4.78 is 28.4. The monoisotopic (exact) mass is 507 g/mol. The van der Waals surface area contributed by atoms with Crippen molar-refractivity contribution in [3.05, 3.63) is 39.8 Å². The van der Waals surface area contributed by atoms with Crippen molar-refractivity contribution >= 4 is 44.5 Å². The quantitative estimate of drug-likeness (QED) is 0.493. The van der Waals surface area contributed by atoms with E-state index in [2.05, 4.69) is 15.0 Å². The fourth-order valence-corrected chi connectivity index (χ4v) is 6.30. The molecule has 2 aromatic rings. The Hall–Kier alpha value is -2.79. The van der Waals surface area contributed by atoms with Gasteiger partial charge in [0.15, 0.2) is 15.6 Å². The van der Waals surface area contributed by atoms with Crippen LogP contribution in [-0.2, 0) is 25.8 Å². The Labute approximate surface area is 203 Å². The summed E-state index contributed by atoms with van der Waals surface area (Å²) in [7, 11) is -2.29. The molecule has 2 heterocycles. The van der Waals surface area contributed by atoms with Gasteiger partial charge in [-0.15, -0.1) is 11.3 Å². The number of anilines is 1. The lowest BCUT2D eigenvalue weighted by Gasteiger charge is -2.26. The van der Waals surface area contributed by atoms with Gasteiger partial charge >= 0.3 is 5.97 Å². The van der Waals surface area contributed by atoms with Crippen molar-refractivity contribution in [2.24, 2.45) is 5.92 Å². The molecule has 1 aliphatic carbocycles. The first kappa shape index (κ1) is 25.8. The van der Waals surface area contributed by atoms with E-state index in [0.29, 0.717) is 18.0 Å². The van der Waals surface area contributed by atoms with Crippen LogP contribution in [0.5, 0.6) is 0 Å². The smallest absolute Gasteiger partial charge is 0.339 e. The number of nitrogen functional groups attached to an aromatic ring is 1. The third-order valence-electron chi connectivity index (χ3n) is 5.99. The van der Waals surface area contributed by atoms with Crippen LogP contribution in [-0.4, -0.2) is 50.5 Å². The van der Waals surface area contributed by atoms with Gasteiger partial charge in [0, 0.05) is 23.5 Å². The van der Waals surface area contributed by atoms with Gasteiger partial charge in [0.2, 0.25) is 0 Å². The van der Waals surface area contributed by atoms with Crippen LogP contribution in [0.15, 0.2) is 28.6 Å². The molecular weight excluding hydrogens is 478 g/mol. The summed E-state index contributed by atoms with van der Waals surface area (Å²) in [5, 5.41) is 4.13. The number of carbonyl (C=O) groups excluding carboxylic acids is 3. The van der Waals surface area contributed by atoms with Crippen molar-refractivity contribution in [2.75, 3.05) is 19.1 Å². The minimum absolute atomic E-state index is 0.0202. The zero-order valence-electron chi connectivity index (χ0n) is 19.2. The number of sulfone groups is 1. The van der Waals surface area contributed by atoms with Gasteiger partial charge in [-0.25, -0.2) is 13.2 Å². The summed E-state index contributed by atoms with van der Waals surface area (Å²) in [5.74, 6) is -0.990. The van der Waals surface area contributed by atoms with E-state index in [4.69, 9.17) is 5.73 Å². The number of nitrogens with zero attached hydrogens (tertiary/aromatic N) is 1. The van der Waals surface area contributed by atoms with Gasteiger partial charge in [-0.2, -0.15) is 0 Å². The molecule has 1 aliphatic rings. The van der Waals surface area contributed by atoms with Crippen molar-refractivity contribution in [1.82, 2.24) is 10.3 Å². The number of rotatable bonds is 9. The summed E-state index contributed by atoms with van der Waals surface area (Å²) in [6, 6.07) is 2.36. The maximum atomic E-state index is 13.2. The lowest BCUT2D eigenvalue weighted by molar-refractivity contribution is -0.120. The number of methoxy groups -OCH3 is 1. The number of esters is 1. The zero-order chi connectivity index (χ0) is 24.9. The number of hydrogen-bond donors (Lipinski definition) is 2.